The average Bonchev–Trinajstić information content (AvgIpc) is 3.91. The van der Waals surface area contributed by atoms with E-state index in [4.69, 9.17) is 0 Å². The topological polar surface area (TPSA) is 8.17 Å². The van der Waals surface area contributed by atoms with Gasteiger partial charge in [0.15, 0.2) is 0 Å². The number of hydrogen-bond acceptors (Lipinski definition) is 1. The molecule has 0 spiro atoms. The first-order chi connectivity index (χ1) is 33.3. The maximum absolute atomic E-state index is 2.58. The first-order valence-electron chi connectivity index (χ1n) is 24.1. The van der Waals surface area contributed by atoms with Crippen molar-refractivity contribution in [2.75, 3.05) is 4.90 Å². The van der Waals surface area contributed by atoms with Crippen LogP contribution in [-0.2, 0) is 5.41 Å². The minimum atomic E-state index is -0.550. The van der Waals surface area contributed by atoms with Gasteiger partial charge in [-0.2, -0.15) is 0 Å². The van der Waals surface area contributed by atoms with Crippen molar-refractivity contribution >= 4 is 49.6 Å². The van der Waals surface area contributed by atoms with Gasteiger partial charge in [-0.1, -0.05) is 213 Å². The molecule has 1 fully saturated rings. The van der Waals surface area contributed by atoms with E-state index in [-0.39, 0.29) is 0 Å². The number of fused-ring (bicyclic) bond motifs is 7. The minimum absolute atomic E-state index is 0.550. The standard InChI is InChI=1S/C65H50N2/c1-4-22-45(23-5-1)51-36-18-24-46-25-19-37-56(63(46)51)54-34-12-16-41-60(54)66(62-43-21-38-57-55-35-13-17-42-61(55)67(64(57)62)49-29-8-3-9-30-49)50-31-20-28-48(44-50)65(47-26-6-2-7-27-47)58-39-14-10-32-52(58)53-33-11-15-40-59(53)65/h2-3,6-21,24-45H,1,4-5,22-23H2. The van der Waals surface area contributed by atoms with Crippen molar-refractivity contribution in [3.05, 3.63) is 264 Å². The summed E-state index contributed by atoms with van der Waals surface area (Å²) in [6.07, 6.45) is 6.41. The molecule has 1 aromatic heterocycles. The summed E-state index contributed by atoms with van der Waals surface area (Å²) < 4.78 is 2.48. The Hall–Kier alpha value is -7.94. The molecular weight excluding hydrogens is 809 g/mol. The lowest BCUT2D eigenvalue weighted by Crippen LogP contribution is -2.28. The molecule has 2 aliphatic rings. The van der Waals surface area contributed by atoms with Crippen LogP contribution in [0.5, 0.6) is 0 Å². The summed E-state index contributed by atoms with van der Waals surface area (Å²) in [5.74, 6) is 0.556. The highest BCUT2D eigenvalue weighted by molar-refractivity contribution is 6.15. The monoisotopic (exact) mass is 858 g/mol. The number of nitrogens with zero attached hydrogens (tertiary/aromatic N) is 2. The Balaban J connectivity index is 1.13. The molecule has 0 radical (unpaired) electrons. The lowest BCUT2D eigenvalue weighted by molar-refractivity contribution is 0.445. The van der Waals surface area contributed by atoms with Crippen molar-refractivity contribution in [2.24, 2.45) is 0 Å². The number of hydrogen-bond donors (Lipinski definition) is 0. The average molecular weight is 859 g/mol. The highest BCUT2D eigenvalue weighted by Crippen LogP contribution is 2.57. The van der Waals surface area contributed by atoms with Crippen LogP contribution in [0.25, 0.3) is 60.5 Å². The van der Waals surface area contributed by atoms with Crippen LogP contribution in [0.2, 0.25) is 0 Å². The molecule has 1 heterocycles. The molecule has 0 aliphatic heterocycles. The van der Waals surface area contributed by atoms with Gasteiger partial charge in [0.25, 0.3) is 0 Å². The molecule has 1 saturated carbocycles. The van der Waals surface area contributed by atoms with Gasteiger partial charge >= 0.3 is 0 Å². The summed E-state index contributed by atoms with van der Waals surface area (Å²) >= 11 is 0. The second kappa shape index (κ2) is 16.2. The Morgan fingerprint density at radius 3 is 1.76 bits per heavy atom. The van der Waals surface area contributed by atoms with Crippen LogP contribution in [0.3, 0.4) is 0 Å². The van der Waals surface area contributed by atoms with E-state index in [0.29, 0.717) is 5.92 Å². The molecule has 2 heteroatoms. The van der Waals surface area contributed by atoms with E-state index in [1.165, 1.54) is 115 Å². The quantitative estimate of drug-likeness (QED) is 0.148. The highest BCUT2D eigenvalue weighted by Gasteiger charge is 2.46. The van der Waals surface area contributed by atoms with E-state index in [9.17, 15) is 0 Å². The predicted octanol–water partition coefficient (Wildman–Crippen LogP) is 17.5. The third-order valence-electron chi connectivity index (χ3n) is 15.0. The second-order valence-corrected chi connectivity index (χ2v) is 18.6. The van der Waals surface area contributed by atoms with Gasteiger partial charge in [0, 0.05) is 27.7 Å². The van der Waals surface area contributed by atoms with Crippen LogP contribution in [0.4, 0.5) is 17.1 Å². The van der Waals surface area contributed by atoms with Gasteiger partial charge in [-0.15, -0.1) is 0 Å². The third-order valence-corrected chi connectivity index (χ3v) is 15.0. The third kappa shape index (κ3) is 6.16. The number of benzene rings is 10. The van der Waals surface area contributed by atoms with E-state index >= 15 is 0 Å². The molecule has 2 nitrogen and oxygen atoms in total. The Bertz CT molecular complexity index is 3580. The number of para-hydroxylation sites is 4. The lowest BCUT2D eigenvalue weighted by atomic mass is 9.67. The predicted molar refractivity (Wildman–Crippen MR) is 282 cm³/mol. The van der Waals surface area contributed by atoms with Crippen LogP contribution in [-0.4, -0.2) is 4.57 Å². The molecule has 2 aliphatic carbocycles. The van der Waals surface area contributed by atoms with Gasteiger partial charge in [0.05, 0.1) is 27.8 Å². The van der Waals surface area contributed by atoms with Crippen molar-refractivity contribution < 1.29 is 0 Å². The molecule has 0 atom stereocenters. The Labute approximate surface area is 393 Å². The molecule has 0 bridgehead atoms. The number of rotatable bonds is 8. The lowest BCUT2D eigenvalue weighted by Gasteiger charge is -2.35. The molecule has 11 aromatic rings. The Morgan fingerprint density at radius 2 is 0.985 bits per heavy atom. The normalized spacial score (nSPS) is 14.3. The minimum Gasteiger partial charge on any atom is -0.308 e. The highest BCUT2D eigenvalue weighted by atomic mass is 15.2. The summed E-state index contributed by atoms with van der Waals surface area (Å²) in [6.45, 7) is 0. The first-order valence-corrected chi connectivity index (χ1v) is 24.1. The molecular formula is C65H50N2. The van der Waals surface area contributed by atoms with Crippen LogP contribution in [0.15, 0.2) is 237 Å². The molecule has 0 saturated heterocycles. The Kier molecular flexibility index (Phi) is 9.53. The number of aromatic nitrogens is 1. The zero-order chi connectivity index (χ0) is 44.3. The largest absolute Gasteiger partial charge is 0.308 e. The molecule has 0 unspecified atom stereocenters. The van der Waals surface area contributed by atoms with Gasteiger partial charge in [-0.25, -0.2) is 0 Å². The van der Waals surface area contributed by atoms with E-state index in [2.05, 4.69) is 246 Å². The fraction of sp³-hybridized carbons (Fsp3) is 0.108. The van der Waals surface area contributed by atoms with E-state index < -0.39 is 5.41 Å². The number of anilines is 3. The van der Waals surface area contributed by atoms with Gasteiger partial charge in [0.2, 0.25) is 0 Å². The summed E-state index contributed by atoms with van der Waals surface area (Å²) in [5.41, 5.74) is 18.0. The van der Waals surface area contributed by atoms with Gasteiger partial charge in [-0.3, -0.25) is 0 Å². The molecule has 67 heavy (non-hydrogen) atoms. The molecule has 0 amide bonds. The Morgan fingerprint density at radius 1 is 0.418 bits per heavy atom. The summed E-state index contributed by atoms with van der Waals surface area (Å²) in [7, 11) is 0. The van der Waals surface area contributed by atoms with Crippen LogP contribution in [0.1, 0.15) is 65.8 Å². The van der Waals surface area contributed by atoms with Crippen LogP contribution < -0.4 is 4.90 Å². The molecule has 10 aromatic carbocycles. The van der Waals surface area contributed by atoms with E-state index in [0.717, 1.165) is 22.7 Å². The maximum Gasteiger partial charge on any atom is 0.0782 e. The van der Waals surface area contributed by atoms with Crippen LogP contribution >= 0.6 is 0 Å². The van der Waals surface area contributed by atoms with Gasteiger partial charge in [0.1, 0.15) is 0 Å². The second-order valence-electron chi connectivity index (χ2n) is 18.6. The fourth-order valence-electron chi connectivity index (χ4n) is 12.3. The maximum atomic E-state index is 2.58. The summed E-state index contributed by atoms with van der Waals surface area (Å²) in [6, 6.07) is 88.6. The van der Waals surface area contributed by atoms with E-state index in [1.807, 2.05) is 0 Å². The molecule has 0 N–H and O–H groups in total. The first kappa shape index (κ1) is 39.4. The van der Waals surface area contributed by atoms with E-state index in [1.54, 1.807) is 0 Å². The van der Waals surface area contributed by atoms with Crippen LogP contribution in [0, 0.1) is 0 Å². The van der Waals surface area contributed by atoms with Crippen molar-refractivity contribution in [1.29, 1.82) is 0 Å². The fourth-order valence-corrected chi connectivity index (χ4v) is 12.3. The van der Waals surface area contributed by atoms with Gasteiger partial charge in [-0.05, 0) is 117 Å². The SMILES string of the molecule is c1ccc(-n2c3ccccc3c3cccc(N(c4cccc(C5(c6ccccc6)c6ccccc6-c6ccccc65)c4)c4ccccc4-c4cccc5cccc(C6CCCCC6)c45)c32)cc1. The zero-order valence-electron chi connectivity index (χ0n) is 37.5. The van der Waals surface area contributed by atoms with Crippen molar-refractivity contribution in [3.63, 3.8) is 0 Å². The smallest absolute Gasteiger partial charge is 0.0782 e. The van der Waals surface area contributed by atoms with Crippen molar-refractivity contribution in [1.82, 2.24) is 4.57 Å². The van der Waals surface area contributed by atoms with Crippen molar-refractivity contribution in [3.8, 4) is 27.9 Å². The summed E-state index contributed by atoms with van der Waals surface area (Å²) in [4.78, 5) is 2.58. The molecule has 13 rings (SSSR count). The molecule has 320 valence electrons. The zero-order valence-corrected chi connectivity index (χ0v) is 37.5. The van der Waals surface area contributed by atoms with Gasteiger partial charge < -0.3 is 9.47 Å². The van der Waals surface area contributed by atoms with Crippen molar-refractivity contribution in [2.45, 2.75) is 43.4 Å². The summed E-state index contributed by atoms with van der Waals surface area (Å²) in [5, 5.41) is 5.15.